The monoisotopic (exact) mass is 375 g/mol. The molecule has 26 heavy (non-hydrogen) atoms. The van der Waals surface area contributed by atoms with Gasteiger partial charge in [-0.15, -0.1) is 0 Å². The van der Waals surface area contributed by atoms with Crippen molar-refractivity contribution in [3.8, 4) is 11.4 Å². The van der Waals surface area contributed by atoms with Crippen LogP contribution in [0.1, 0.15) is 23.2 Å². The second kappa shape index (κ2) is 7.88. The van der Waals surface area contributed by atoms with E-state index < -0.39 is 10.0 Å². The van der Waals surface area contributed by atoms with E-state index in [0.717, 1.165) is 18.4 Å². The number of hydrogen-bond acceptors (Lipinski definition) is 6. The number of pyridine rings is 1. The molecule has 0 aliphatic carbocycles. The predicted molar refractivity (Wildman–Crippen MR) is 96.7 cm³/mol. The molecule has 2 aromatic rings. The first-order valence-corrected chi connectivity index (χ1v) is 10.2. The molecule has 1 aliphatic heterocycles. The number of sulfonamides is 1. The van der Waals surface area contributed by atoms with Gasteiger partial charge in [0, 0.05) is 50.0 Å². The number of carbonyl (C=O) groups is 1. The molecule has 3 rings (SSSR count). The zero-order chi connectivity index (χ0) is 18.6. The number of nitrogens with one attached hydrogen (secondary N) is 1. The minimum absolute atomic E-state index is 0.111. The number of nitrogens with zero attached hydrogens (tertiary/aromatic N) is 4. The van der Waals surface area contributed by atoms with Crippen molar-refractivity contribution in [2.75, 3.05) is 25.9 Å². The van der Waals surface area contributed by atoms with Gasteiger partial charge in [0.2, 0.25) is 10.0 Å². The molecule has 1 amide bonds. The van der Waals surface area contributed by atoms with Crippen molar-refractivity contribution in [3.05, 3.63) is 42.5 Å². The Kier molecular flexibility index (Phi) is 5.58. The van der Waals surface area contributed by atoms with Crippen molar-refractivity contribution >= 4 is 15.9 Å². The first kappa shape index (κ1) is 18.4. The first-order valence-electron chi connectivity index (χ1n) is 8.39. The van der Waals surface area contributed by atoms with E-state index in [0.29, 0.717) is 31.0 Å². The van der Waals surface area contributed by atoms with Gasteiger partial charge in [-0.1, -0.05) is 0 Å². The molecular formula is C17H21N5O3S. The molecule has 0 spiro atoms. The van der Waals surface area contributed by atoms with Gasteiger partial charge in [0.25, 0.3) is 5.91 Å². The molecule has 8 nitrogen and oxygen atoms in total. The lowest BCUT2D eigenvalue weighted by Crippen LogP contribution is -2.43. The number of piperidine rings is 1. The van der Waals surface area contributed by atoms with Gasteiger partial charge in [0.15, 0.2) is 5.82 Å². The van der Waals surface area contributed by atoms with Crippen molar-refractivity contribution in [2.45, 2.75) is 12.8 Å². The van der Waals surface area contributed by atoms with E-state index in [1.54, 1.807) is 24.5 Å². The molecule has 1 saturated heterocycles. The van der Waals surface area contributed by atoms with E-state index in [1.165, 1.54) is 23.0 Å². The predicted octanol–water partition coefficient (Wildman–Crippen LogP) is 0.940. The maximum absolute atomic E-state index is 12.3. The molecule has 1 fully saturated rings. The van der Waals surface area contributed by atoms with E-state index in [2.05, 4.69) is 20.3 Å². The van der Waals surface area contributed by atoms with Gasteiger partial charge < -0.3 is 5.32 Å². The lowest BCUT2D eigenvalue weighted by Gasteiger charge is -2.30. The fourth-order valence-corrected chi connectivity index (χ4v) is 3.87. The van der Waals surface area contributed by atoms with Gasteiger partial charge in [0.05, 0.1) is 11.8 Å². The molecule has 1 N–H and O–H groups in total. The van der Waals surface area contributed by atoms with Crippen LogP contribution in [0.15, 0.2) is 36.9 Å². The van der Waals surface area contributed by atoms with Crippen LogP contribution in [0.3, 0.4) is 0 Å². The average Bonchev–Trinajstić information content (AvgIpc) is 2.66. The molecule has 0 radical (unpaired) electrons. The lowest BCUT2D eigenvalue weighted by molar-refractivity contribution is 0.0941. The summed E-state index contributed by atoms with van der Waals surface area (Å²) in [5.41, 5.74) is 1.20. The molecule has 0 unspecified atom stereocenters. The van der Waals surface area contributed by atoms with Gasteiger partial charge in [-0.25, -0.2) is 22.7 Å². The Bertz CT molecular complexity index is 856. The maximum Gasteiger partial charge on any atom is 0.254 e. The lowest BCUT2D eigenvalue weighted by atomic mass is 9.99. The summed E-state index contributed by atoms with van der Waals surface area (Å²) in [5, 5.41) is 2.85. The minimum Gasteiger partial charge on any atom is -0.352 e. The standard InChI is InChI=1S/C17H21N5O3S/c1-26(24,25)22-8-2-3-13(12-22)9-21-17(23)15-10-19-16(20-11-15)14-4-6-18-7-5-14/h4-7,10-11,13H,2-3,8-9,12H2,1H3,(H,21,23)/t13-/m1/s1. The molecule has 2 aromatic heterocycles. The van der Waals surface area contributed by atoms with Crippen LogP contribution in [0, 0.1) is 5.92 Å². The SMILES string of the molecule is CS(=O)(=O)N1CCC[C@H](CNC(=O)c2cnc(-c3ccncc3)nc2)C1. The fourth-order valence-electron chi connectivity index (χ4n) is 2.93. The Hall–Kier alpha value is -2.39. The largest absolute Gasteiger partial charge is 0.352 e. The normalized spacial score (nSPS) is 18.4. The summed E-state index contributed by atoms with van der Waals surface area (Å²) in [4.78, 5) is 24.7. The quantitative estimate of drug-likeness (QED) is 0.834. The van der Waals surface area contributed by atoms with Gasteiger partial charge in [-0.3, -0.25) is 9.78 Å². The summed E-state index contributed by atoms with van der Waals surface area (Å²) in [6, 6.07) is 3.59. The smallest absolute Gasteiger partial charge is 0.254 e. The van der Waals surface area contributed by atoms with Crippen LogP contribution in [-0.2, 0) is 10.0 Å². The van der Waals surface area contributed by atoms with E-state index in [1.807, 2.05) is 0 Å². The van der Waals surface area contributed by atoms with Crippen LogP contribution in [0.25, 0.3) is 11.4 Å². The highest BCUT2D eigenvalue weighted by Crippen LogP contribution is 2.18. The van der Waals surface area contributed by atoms with Crippen molar-refractivity contribution in [2.24, 2.45) is 5.92 Å². The second-order valence-electron chi connectivity index (χ2n) is 6.37. The van der Waals surface area contributed by atoms with Crippen LogP contribution in [-0.4, -0.2) is 59.5 Å². The topological polar surface area (TPSA) is 105 Å². The third-order valence-electron chi connectivity index (χ3n) is 4.35. The highest BCUT2D eigenvalue weighted by atomic mass is 32.2. The van der Waals surface area contributed by atoms with E-state index in [4.69, 9.17) is 0 Å². The van der Waals surface area contributed by atoms with Crippen LogP contribution in [0.2, 0.25) is 0 Å². The summed E-state index contributed by atoms with van der Waals surface area (Å²) >= 11 is 0. The summed E-state index contributed by atoms with van der Waals surface area (Å²) in [6.45, 7) is 1.42. The Morgan fingerprint density at radius 2 is 1.96 bits per heavy atom. The summed E-state index contributed by atoms with van der Waals surface area (Å²) < 4.78 is 24.8. The third-order valence-corrected chi connectivity index (χ3v) is 5.62. The fraction of sp³-hybridized carbons (Fsp3) is 0.412. The van der Waals surface area contributed by atoms with Crippen LogP contribution in [0.4, 0.5) is 0 Å². The number of amides is 1. The Balaban J connectivity index is 1.57. The van der Waals surface area contributed by atoms with Crippen molar-refractivity contribution in [1.82, 2.24) is 24.6 Å². The maximum atomic E-state index is 12.3. The second-order valence-corrected chi connectivity index (χ2v) is 8.35. The van der Waals surface area contributed by atoms with Gasteiger partial charge >= 0.3 is 0 Å². The summed E-state index contributed by atoms with van der Waals surface area (Å²) in [6.07, 6.45) is 9.20. The highest BCUT2D eigenvalue weighted by Gasteiger charge is 2.26. The number of hydrogen-bond donors (Lipinski definition) is 1. The molecule has 3 heterocycles. The Morgan fingerprint density at radius 3 is 2.62 bits per heavy atom. The molecule has 0 aromatic carbocycles. The number of carbonyl (C=O) groups excluding carboxylic acids is 1. The highest BCUT2D eigenvalue weighted by molar-refractivity contribution is 7.88. The Labute approximate surface area is 152 Å². The zero-order valence-corrected chi connectivity index (χ0v) is 15.3. The van der Waals surface area contributed by atoms with Gasteiger partial charge in [-0.2, -0.15) is 0 Å². The molecule has 1 aliphatic rings. The van der Waals surface area contributed by atoms with Crippen LogP contribution < -0.4 is 5.32 Å². The molecule has 9 heteroatoms. The first-order chi connectivity index (χ1) is 12.4. The van der Waals surface area contributed by atoms with Gasteiger partial charge in [-0.05, 0) is 30.9 Å². The average molecular weight is 375 g/mol. The molecule has 138 valence electrons. The molecular weight excluding hydrogens is 354 g/mol. The molecule has 1 atom stereocenters. The van der Waals surface area contributed by atoms with Crippen molar-refractivity contribution < 1.29 is 13.2 Å². The van der Waals surface area contributed by atoms with Gasteiger partial charge in [0.1, 0.15) is 0 Å². The van der Waals surface area contributed by atoms with Crippen LogP contribution in [0.5, 0.6) is 0 Å². The Morgan fingerprint density at radius 1 is 1.27 bits per heavy atom. The van der Waals surface area contributed by atoms with E-state index in [9.17, 15) is 13.2 Å². The molecule has 0 bridgehead atoms. The number of rotatable bonds is 5. The third kappa shape index (κ3) is 4.61. The van der Waals surface area contributed by atoms with E-state index >= 15 is 0 Å². The van der Waals surface area contributed by atoms with E-state index in [-0.39, 0.29) is 11.8 Å². The summed E-state index contributed by atoms with van der Waals surface area (Å²) in [5.74, 6) is 0.377. The molecule has 0 saturated carbocycles. The summed E-state index contributed by atoms with van der Waals surface area (Å²) in [7, 11) is -3.18. The van der Waals surface area contributed by atoms with Crippen LogP contribution >= 0.6 is 0 Å². The van der Waals surface area contributed by atoms with Crippen molar-refractivity contribution in [1.29, 1.82) is 0 Å². The minimum atomic E-state index is -3.18. The zero-order valence-electron chi connectivity index (χ0n) is 14.5. The van der Waals surface area contributed by atoms with Crippen molar-refractivity contribution in [3.63, 3.8) is 0 Å². The number of aromatic nitrogens is 3.